The van der Waals surface area contributed by atoms with E-state index in [-0.39, 0.29) is 41.5 Å². The predicted octanol–water partition coefficient (Wildman–Crippen LogP) is 0.983. The Morgan fingerprint density at radius 2 is 1.85 bits per heavy atom. The van der Waals surface area contributed by atoms with Crippen LogP contribution in [0.25, 0.3) is 0 Å². The van der Waals surface area contributed by atoms with Crippen molar-refractivity contribution in [2.75, 3.05) is 12.4 Å². The standard InChI is InChI=1S/C14H21NO4S/c1-11(10-16)12(2)15-14(17)8-9-20(18,19)13-6-4-3-5-7-13/h3-7,11-12,16H,8-10H2,1-2H3,(H,15,17). The summed E-state index contributed by atoms with van der Waals surface area (Å²) in [5.74, 6) is -0.606. The van der Waals surface area contributed by atoms with Crippen LogP contribution in [0.4, 0.5) is 0 Å². The van der Waals surface area contributed by atoms with Crippen LogP contribution in [0.1, 0.15) is 20.3 Å². The second kappa shape index (κ2) is 7.40. The molecule has 1 aromatic rings. The van der Waals surface area contributed by atoms with Crippen molar-refractivity contribution < 1.29 is 18.3 Å². The SMILES string of the molecule is CC(CO)C(C)NC(=O)CCS(=O)(=O)c1ccccc1. The zero-order valence-electron chi connectivity index (χ0n) is 11.7. The van der Waals surface area contributed by atoms with Crippen LogP contribution in [0, 0.1) is 5.92 Å². The molecule has 0 aromatic heterocycles. The number of benzene rings is 1. The second-order valence-corrected chi connectivity index (χ2v) is 7.01. The zero-order chi connectivity index (χ0) is 15.2. The number of nitrogens with one attached hydrogen (secondary N) is 1. The Hall–Kier alpha value is -1.40. The molecule has 1 aromatic carbocycles. The van der Waals surface area contributed by atoms with Gasteiger partial charge in [0.15, 0.2) is 9.84 Å². The first-order valence-electron chi connectivity index (χ1n) is 6.55. The number of amides is 1. The van der Waals surface area contributed by atoms with E-state index in [4.69, 9.17) is 5.11 Å². The molecule has 0 bridgehead atoms. The molecule has 2 atom stereocenters. The van der Waals surface area contributed by atoms with Crippen molar-refractivity contribution in [3.8, 4) is 0 Å². The van der Waals surface area contributed by atoms with Crippen molar-refractivity contribution in [3.05, 3.63) is 30.3 Å². The highest BCUT2D eigenvalue weighted by molar-refractivity contribution is 7.91. The number of hydrogen-bond acceptors (Lipinski definition) is 4. The summed E-state index contributed by atoms with van der Waals surface area (Å²) in [5.41, 5.74) is 0. The minimum atomic E-state index is -3.43. The Balaban J connectivity index is 2.53. The highest BCUT2D eigenvalue weighted by atomic mass is 32.2. The van der Waals surface area contributed by atoms with Gasteiger partial charge in [-0.05, 0) is 25.0 Å². The third-order valence-corrected chi connectivity index (χ3v) is 4.96. The van der Waals surface area contributed by atoms with Crippen molar-refractivity contribution >= 4 is 15.7 Å². The van der Waals surface area contributed by atoms with Gasteiger partial charge < -0.3 is 10.4 Å². The summed E-state index contributed by atoms with van der Waals surface area (Å²) >= 11 is 0. The van der Waals surface area contributed by atoms with Crippen LogP contribution < -0.4 is 5.32 Å². The van der Waals surface area contributed by atoms with Crippen LogP contribution in [0.5, 0.6) is 0 Å². The molecule has 5 nitrogen and oxygen atoms in total. The minimum absolute atomic E-state index is 0.0240. The molecule has 0 aliphatic rings. The molecule has 6 heteroatoms. The van der Waals surface area contributed by atoms with E-state index in [2.05, 4.69) is 5.32 Å². The summed E-state index contributed by atoms with van der Waals surface area (Å²) in [4.78, 5) is 11.9. The minimum Gasteiger partial charge on any atom is -0.396 e. The fourth-order valence-corrected chi connectivity index (χ4v) is 2.86. The van der Waals surface area contributed by atoms with Gasteiger partial charge in [-0.2, -0.15) is 0 Å². The van der Waals surface area contributed by atoms with E-state index in [1.807, 2.05) is 6.92 Å². The highest BCUT2D eigenvalue weighted by Gasteiger charge is 2.18. The average molecular weight is 299 g/mol. The number of aliphatic hydroxyl groups excluding tert-OH is 1. The lowest BCUT2D eigenvalue weighted by molar-refractivity contribution is -0.121. The van der Waals surface area contributed by atoms with Crippen molar-refractivity contribution in [2.24, 2.45) is 5.92 Å². The lowest BCUT2D eigenvalue weighted by atomic mass is 10.1. The third kappa shape index (κ3) is 4.94. The Morgan fingerprint density at radius 1 is 1.25 bits per heavy atom. The van der Waals surface area contributed by atoms with Gasteiger partial charge in [0.1, 0.15) is 0 Å². The molecular weight excluding hydrogens is 278 g/mol. The van der Waals surface area contributed by atoms with Crippen molar-refractivity contribution in [3.63, 3.8) is 0 Å². The van der Waals surface area contributed by atoms with Gasteiger partial charge in [-0.25, -0.2) is 8.42 Å². The fourth-order valence-electron chi connectivity index (χ4n) is 1.60. The van der Waals surface area contributed by atoms with Gasteiger partial charge in [0.2, 0.25) is 5.91 Å². The summed E-state index contributed by atoms with van der Waals surface area (Å²) in [7, 11) is -3.43. The maximum atomic E-state index is 12.0. The lowest BCUT2D eigenvalue weighted by Gasteiger charge is -2.19. The average Bonchev–Trinajstić information content (AvgIpc) is 2.45. The fraction of sp³-hybridized carbons (Fsp3) is 0.500. The monoisotopic (exact) mass is 299 g/mol. The molecule has 0 fully saturated rings. The topological polar surface area (TPSA) is 83.5 Å². The summed E-state index contributed by atoms with van der Waals surface area (Å²) in [6.45, 7) is 3.57. The van der Waals surface area contributed by atoms with Gasteiger partial charge in [-0.1, -0.05) is 25.1 Å². The zero-order valence-corrected chi connectivity index (χ0v) is 12.6. The summed E-state index contributed by atoms with van der Waals surface area (Å²) in [6, 6.07) is 7.89. The van der Waals surface area contributed by atoms with E-state index in [0.717, 1.165) is 0 Å². The molecule has 112 valence electrons. The molecule has 0 heterocycles. The summed E-state index contributed by atoms with van der Waals surface area (Å²) in [5, 5.41) is 11.7. The second-order valence-electron chi connectivity index (χ2n) is 4.90. The van der Waals surface area contributed by atoms with Crippen LogP contribution in [-0.4, -0.2) is 37.8 Å². The first kappa shape index (κ1) is 16.7. The number of aliphatic hydroxyl groups is 1. The van der Waals surface area contributed by atoms with E-state index in [0.29, 0.717) is 0 Å². The molecule has 0 aliphatic carbocycles. The van der Waals surface area contributed by atoms with Gasteiger partial charge in [0.05, 0.1) is 10.6 Å². The van der Waals surface area contributed by atoms with Gasteiger partial charge >= 0.3 is 0 Å². The molecular formula is C14H21NO4S. The quantitative estimate of drug-likeness (QED) is 0.786. The Kier molecular flexibility index (Phi) is 6.16. The van der Waals surface area contributed by atoms with Gasteiger partial charge in [-0.15, -0.1) is 0 Å². The van der Waals surface area contributed by atoms with E-state index >= 15 is 0 Å². The van der Waals surface area contributed by atoms with Gasteiger partial charge in [0.25, 0.3) is 0 Å². The van der Waals surface area contributed by atoms with Gasteiger partial charge in [0, 0.05) is 19.1 Å². The van der Waals surface area contributed by atoms with Crippen LogP contribution in [-0.2, 0) is 14.6 Å². The van der Waals surface area contributed by atoms with E-state index < -0.39 is 9.84 Å². The molecule has 1 rings (SSSR count). The third-order valence-electron chi connectivity index (χ3n) is 3.23. The van der Waals surface area contributed by atoms with Crippen LogP contribution in [0.2, 0.25) is 0 Å². The van der Waals surface area contributed by atoms with E-state index in [9.17, 15) is 13.2 Å². The van der Waals surface area contributed by atoms with Crippen LogP contribution >= 0.6 is 0 Å². The molecule has 2 unspecified atom stereocenters. The highest BCUT2D eigenvalue weighted by Crippen LogP contribution is 2.11. The smallest absolute Gasteiger partial charge is 0.221 e. The number of sulfone groups is 1. The largest absolute Gasteiger partial charge is 0.396 e. The van der Waals surface area contributed by atoms with Gasteiger partial charge in [-0.3, -0.25) is 4.79 Å². The maximum absolute atomic E-state index is 12.0. The molecule has 0 spiro atoms. The van der Waals surface area contributed by atoms with Crippen molar-refractivity contribution in [2.45, 2.75) is 31.2 Å². The number of carbonyl (C=O) groups is 1. The molecule has 0 saturated carbocycles. The Morgan fingerprint density at radius 3 is 2.40 bits per heavy atom. The summed E-state index contributed by atoms with van der Waals surface area (Å²) in [6.07, 6.45) is -0.0836. The Bertz CT molecular complexity index is 527. The Labute approximate surface area is 119 Å². The summed E-state index contributed by atoms with van der Waals surface area (Å²) < 4.78 is 24.0. The lowest BCUT2D eigenvalue weighted by Crippen LogP contribution is -2.38. The maximum Gasteiger partial charge on any atom is 0.221 e. The molecule has 0 aliphatic heterocycles. The number of hydrogen-bond donors (Lipinski definition) is 2. The first-order chi connectivity index (χ1) is 9.36. The van der Waals surface area contributed by atoms with Crippen LogP contribution in [0.3, 0.4) is 0 Å². The molecule has 20 heavy (non-hydrogen) atoms. The normalized spacial score (nSPS) is 14.6. The number of carbonyl (C=O) groups excluding carboxylic acids is 1. The van der Waals surface area contributed by atoms with Crippen LogP contribution in [0.15, 0.2) is 35.2 Å². The molecule has 1 amide bonds. The first-order valence-corrected chi connectivity index (χ1v) is 8.20. The molecule has 2 N–H and O–H groups in total. The van der Waals surface area contributed by atoms with E-state index in [1.54, 1.807) is 25.1 Å². The van der Waals surface area contributed by atoms with Crippen molar-refractivity contribution in [1.82, 2.24) is 5.32 Å². The molecule has 0 radical (unpaired) electrons. The van der Waals surface area contributed by atoms with Crippen molar-refractivity contribution in [1.29, 1.82) is 0 Å². The van der Waals surface area contributed by atoms with E-state index in [1.165, 1.54) is 12.1 Å². The molecule has 0 saturated heterocycles. The predicted molar refractivity (Wildman–Crippen MR) is 77.0 cm³/mol. The number of rotatable bonds is 7.